The molecular formula is C20H19N2O+. The average Bonchev–Trinajstić information content (AvgIpc) is 2.93. The highest BCUT2D eigenvalue weighted by Gasteiger charge is 2.22. The third-order valence-corrected chi connectivity index (χ3v) is 4.24. The summed E-state index contributed by atoms with van der Waals surface area (Å²) in [7, 11) is 1.98. The molecule has 0 radical (unpaired) electrons. The fraction of sp³-hybridized carbons (Fsp3) is 0.200. The number of rotatable bonds is 1. The number of pyridine rings is 2. The summed E-state index contributed by atoms with van der Waals surface area (Å²) in [5, 5.41) is 1.70. The van der Waals surface area contributed by atoms with Crippen LogP contribution in [0.2, 0.25) is 0 Å². The molecule has 23 heavy (non-hydrogen) atoms. The Kier molecular flexibility index (Phi) is 2.34. The Bertz CT molecular complexity index is 1160. The molecule has 4 rings (SSSR count). The lowest BCUT2D eigenvalue weighted by atomic mass is 10.0. The van der Waals surface area contributed by atoms with Gasteiger partial charge in [-0.25, -0.2) is 4.57 Å². The van der Waals surface area contributed by atoms with E-state index in [4.69, 9.17) is 8.53 Å². The molecule has 0 N–H and O–H groups in total. The molecule has 0 atom stereocenters. The van der Waals surface area contributed by atoms with Crippen molar-refractivity contribution in [3.8, 4) is 11.3 Å². The largest absolute Gasteiger partial charge is 0.454 e. The van der Waals surface area contributed by atoms with Gasteiger partial charge in [-0.3, -0.25) is 4.98 Å². The van der Waals surface area contributed by atoms with Crippen LogP contribution in [0.4, 0.5) is 0 Å². The second kappa shape index (κ2) is 4.92. The number of aryl methyl sites for hydroxylation is 4. The van der Waals surface area contributed by atoms with Crippen molar-refractivity contribution in [2.75, 3.05) is 0 Å². The number of hydrogen-bond acceptors (Lipinski definition) is 2. The van der Waals surface area contributed by atoms with Gasteiger partial charge in [0.2, 0.25) is 5.69 Å². The van der Waals surface area contributed by atoms with E-state index >= 15 is 0 Å². The van der Waals surface area contributed by atoms with Gasteiger partial charge in [-0.05, 0) is 32.8 Å². The summed E-state index contributed by atoms with van der Waals surface area (Å²) in [5.74, 6) is 0. The Labute approximate surface area is 139 Å². The van der Waals surface area contributed by atoms with Crippen LogP contribution < -0.4 is 4.57 Å². The SMILES string of the molecule is [2H]C([2H])([2H])c1nc(C)c(-c2ccc(C)c[n+]2C)c2c1oc1ccccc12. The van der Waals surface area contributed by atoms with Crippen LogP contribution in [-0.2, 0) is 7.05 Å². The molecule has 0 aliphatic heterocycles. The number of hydrogen-bond donors (Lipinski definition) is 0. The Hall–Kier alpha value is -2.68. The molecule has 3 heteroatoms. The summed E-state index contributed by atoms with van der Waals surface area (Å²) < 4.78 is 31.6. The second-order valence-corrected chi connectivity index (χ2v) is 5.93. The van der Waals surface area contributed by atoms with E-state index in [0.29, 0.717) is 16.9 Å². The second-order valence-electron chi connectivity index (χ2n) is 5.93. The van der Waals surface area contributed by atoms with Crippen LogP contribution in [0.15, 0.2) is 47.0 Å². The summed E-state index contributed by atoms with van der Waals surface area (Å²) in [6.07, 6.45) is 2.04. The van der Waals surface area contributed by atoms with Crippen molar-refractivity contribution in [1.82, 2.24) is 4.98 Å². The Morgan fingerprint density at radius 2 is 1.91 bits per heavy atom. The molecule has 0 amide bonds. The predicted octanol–water partition coefficient (Wildman–Crippen LogP) is 4.40. The van der Waals surface area contributed by atoms with Crippen molar-refractivity contribution in [1.29, 1.82) is 0 Å². The smallest absolute Gasteiger partial charge is 0.214 e. The maximum Gasteiger partial charge on any atom is 0.214 e. The minimum atomic E-state index is -2.34. The van der Waals surface area contributed by atoms with Gasteiger partial charge >= 0.3 is 0 Å². The number of furan rings is 1. The summed E-state index contributed by atoms with van der Waals surface area (Å²) in [6.45, 7) is 1.55. The molecule has 0 aliphatic rings. The van der Waals surface area contributed by atoms with Gasteiger partial charge in [0.05, 0.1) is 17.0 Å². The minimum absolute atomic E-state index is 0.0136. The maximum atomic E-state index is 7.88. The number of aromatic nitrogens is 2. The lowest BCUT2D eigenvalue weighted by Gasteiger charge is -2.08. The zero-order valence-electron chi connectivity index (χ0n) is 16.3. The fourth-order valence-electron chi connectivity index (χ4n) is 3.23. The van der Waals surface area contributed by atoms with Crippen LogP contribution in [-0.4, -0.2) is 4.98 Å². The van der Waals surface area contributed by atoms with Crippen molar-refractivity contribution in [2.24, 2.45) is 7.05 Å². The van der Waals surface area contributed by atoms with Crippen molar-refractivity contribution < 1.29 is 13.1 Å². The molecule has 0 unspecified atom stereocenters. The third-order valence-electron chi connectivity index (χ3n) is 4.24. The van der Waals surface area contributed by atoms with Gasteiger partial charge < -0.3 is 4.42 Å². The first-order valence-corrected chi connectivity index (χ1v) is 7.56. The number of nitrogens with zero attached hydrogens (tertiary/aromatic N) is 2. The minimum Gasteiger partial charge on any atom is -0.454 e. The molecule has 0 aliphatic carbocycles. The number of fused-ring (bicyclic) bond motifs is 3. The van der Waals surface area contributed by atoms with Crippen LogP contribution in [0, 0.1) is 20.7 Å². The first kappa shape index (κ1) is 10.9. The highest BCUT2D eigenvalue weighted by Crippen LogP contribution is 2.38. The van der Waals surface area contributed by atoms with Crippen LogP contribution in [0.25, 0.3) is 33.2 Å². The molecule has 1 aromatic carbocycles. The van der Waals surface area contributed by atoms with E-state index in [0.717, 1.165) is 27.6 Å². The van der Waals surface area contributed by atoms with Crippen LogP contribution in [0.5, 0.6) is 0 Å². The van der Waals surface area contributed by atoms with Gasteiger partial charge in [0.25, 0.3) is 0 Å². The van der Waals surface area contributed by atoms with Crippen molar-refractivity contribution in [2.45, 2.75) is 20.7 Å². The van der Waals surface area contributed by atoms with Crippen molar-refractivity contribution in [3.63, 3.8) is 0 Å². The van der Waals surface area contributed by atoms with E-state index in [1.807, 2.05) is 68.1 Å². The summed E-state index contributed by atoms with van der Waals surface area (Å²) >= 11 is 0. The molecule has 0 fully saturated rings. The zero-order chi connectivity index (χ0) is 18.6. The first-order chi connectivity index (χ1) is 12.3. The zero-order valence-corrected chi connectivity index (χ0v) is 13.3. The Morgan fingerprint density at radius 1 is 1.09 bits per heavy atom. The molecule has 114 valence electrons. The van der Waals surface area contributed by atoms with Gasteiger partial charge in [-0.15, -0.1) is 0 Å². The predicted molar refractivity (Wildman–Crippen MR) is 92.3 cm³/mol. The van der Waals surface area contributed by atoms with Gasteiger partial charge in [0.1, 0.15) is 12.6 Å². The van der Waals surface area contributed by atoms with Gasteiger partial charge in [-0.2, -0.15) is 0 Å². The highest BCUT2D eigenvalue weighted by molar-refractivity contribution is 6.12. The maximum absolute atomic E-state index is 7.88. The summed E-state index contributed by atoms with van der Waals surface area (Å²) in [4.78, 5) is 4.44. The van der Waals surface area contributed by atoms with E-state index in [1.165, 1.54) is 0 Å². The fourth-order valence-corrected chi connectivity index (χ4v) is 3.23. The molecule has 0 bridgehead atoms. The third kappa shape index (κ3) is 2.04. The van der Waals surface area contributed by atoms with Crippen molar-refractivity contribution in [3.05, 3.63) is 59.5 Å². The monoisotopic (exact) mass is 306 g/mol. The topological polar surface area (TPSA) is 29.9 Å². The Balaban J connectivity index is 2.22. The quantitative estimate of drug-likeness (QED) is 0.488. The van der Waals surface area contributed by atoms with E-state index in [9.17, 15) is 0 Å². The lowest BCUT2D eigenvalue weighted by Crippen LogP contribution is -2.31. The van der Waals surface area contributed by atoms with Gasteiger partial charge in [0, 0.05) is 26.5 Å². The van der Waals surface area contributed by atoms with Crippen LogP contribution in [0.3, 0.4) is 0 Å². The van der Waals surface area contributed by atoms with E-state index in [1.54, 1.807) is 0 Å². The molecule has 0 saturated carbocycles. The highest BCUT2D eigenvalue weighted by atomic mass is 16.3. The summed E-state index contributed by atoms with van der Waals surface area (Å²) in [6, 6.07) is 11.7. The first-order valence-electron chi connectivity index (χ1n) is 9.06. The molecule has 3 aromatic heterocycles. The molecular weight excluding hydrogens is 284 g/mol. The van der Waals surface area contributed by atoms with Crippen LogP contribution in [0.1, 0.15) is 21.1 Å². The Morgan fingerprint density at radius 3 is 2.70 bits per heavy atom. The lowest BCUT2D eigenvalue weighted by molar-refractivity contribution is -0.660. The van der Waals surface area contributed by atoms with Crippen LogP contribution >= 0.6 is 0 Å². The summed E-state index contributed by atoms with van der Waals surface area (Å²) in [5.41, 5.74) is 4.71. The number of para-hydroxylation sites is 1. The van der Waals surface area contributed by atoms with Crippen molar-refractivity contribution >= 4 is 21.9 Å². The van der Waals surface area contributed by atoms with E-state index in [-0.39, 0.29) is 5.69 Å². The van der Waals surface area contributed by atoms with Gasteiger partial charge in [-0.1, -0.05) is 18.2 Å². The van der Waals surface area contributed by atoms with E-state index < -0.39 is 6.85 Å². The number of benzene rings is 1. The molecule has 4 aromatic rings. The molecule has 0 spiro atoms. The normalized spacial score (nSPS) is 14.0. The van der Waals surface area contributed by atoms with Gasteiger partial charge in [0.15, 0.2) is 11.8 Å². The van der Waals surface area contributed by atoms with E-state index in [2.05, 4.69) is 4.98 Å². The standard InChI is InChI=1S/C20H19N2O/c1-12-9-10-16(22(4)11-12)18-13(2)21-14(3)20-19(18)15-7-5-6-8-17(15)23-20/h5-11H,1-4H3/q+1/i3D3. The average molecular weight is 306 g/mol. The molecule has 3 heterocycles. The molecule has 0 saturated heterocycles. The molecule has 3 nitrogen and oxygen atoms in total.